The lowest BCUT2D eigenvalue weighted by atomic mass is 10.2. The third kappa shape index (κ3) is 3.36. The van der Waals surface area contributed by atoms with Crippen LogP contribution in [-0.2, 0) is 26.5 Å². The van der Waals surface area contributed by atoms with E-state index >= 15 is 0 Å². The van der Waals surface area contributed by atoms with Crippen LogP contribution in [0.5, 0.6) is 0 Å². The maximum Gasteiger partial charge on any atom is 0.264 e. The number of rotatable bonds is 5. The van der Waals surface area contributed by atoms with Gasteiger partial charge < -0.3 is 4.72 Å². The Morgan fingerprint density at radius 2 is 1.36 bits per heavy atom. The van der Waals surface area contributed by atoms with E-state index in [0.29, 0.717) is 18.7 Å². The molecule has 4 rings (SSSR count). The summed E-state index contributed by atoms with van der Waals surface area (Å²) in [7, 11) is -7.57. The summed E-state index contributed by atoms with van der Waals surface area (Å²) in [6.45, 7) is 0.385. The molecular formula is C20H17N2O4S2-. The van der Waals surface area contributed by atoms with E-state index in [1.807, 2.05) is 18.2 Å². The largest absolute Gasteiger partial charge is 0.573 e. The Bertz CT molecular complexity index is 1210. The molecule has 1 aliphatic rings. The standard InChI is InChI=1S/C20H17N2O4S2/c23-27(24,18-7-2-1-3-8-18)21-17-10-12-19(13-11-17)28(25,26)22-15-14-16-6-4-5-9-20(16)22/h1-13H,14-15H2/q-1. The van der Waals surface area contributed by atoms with Crippen LogP contribution in [0.15, 0.2) is 88.7 Å². The molecule has 0 saturated carbocycles. The van der Waals surface area contributed by atoms with Crippen LogP contribution in [0.2, 0.25) is 0 Å². The molecule has 8 heteroatoms. The smallest absolute Gasteiger partial charge is 0.264 e. The third-order valence-electron chi connectivity index (χ3n) is 4.54. The zero-order valence-electron chi connectivity index (χ0n) is 14.8. The molecule has 3 aromatic carbocycles. The molecule has 0 bridgehead atoms. The first-order valence-corrected chi connectivity index (χ1v) is 11.5. The van der Waals surface area contributed by atoms with Gasteiger partial charge in [0.05, 0.1) is 15.5 Å². The van der Waals surface area contributed by atoms with Gasteiger partial charge in [0.2, 0.25) is 0 Å². The highest BCUT2D eigenvalue weighted by molar-refractivity contribution is 7.94. The number of para-hydroxylation sites is 1. The molecule has 0 unspecified atom stereocenters. The number of sulfonamides is 2. The quantitative estimate of drug-likeness (QED) is 0.636. The maximum atomic E-state index is 13.0. The molecule has 1 aliphatic heterocycles. The monoisotopic (exact) mass is 413 g/mol. The lowest BCUT2D eigenvalue weighted by Crippen LogP contribution is -2.29. The van der Waals surface area contributed by atoms with E-state index in [9.17, 15) is 16.8 Å². The van der Waals surface area contributed by atoms with Gasteiger partial charge in [0.15, 0.2) is 0 Å². The summed E-state index contributed by atoms with van der Waals surface area (Å²) in [6, 6.07) is 20.8. The number of hydrogen-bond acceptors (Lipinski definition) is 4. The molecule has 0 N–H and O–H groups in total. The fourth-order valence-electron chi connectivity index (χ4n) is 3.15. The van der Waals surface area contributed by atoms with Crippen molar-refractivity contribution in [3.63, 3.8) is 0 Å². The molecule has 6 nitrogen and oxygen atoms in total. The average Bonchev–Trinajstić information content (AvgIpc) is 3.14. The van der Waals surface area contributed by atoms with Crippen LogP contribution in [0.4, 0.5) is 11.4 Å². The van der Waals surface area contributed by atoms with Gasteiger partial charge >= 0.3 is 0 Å². The van der Waals surface area contributed by atoms with E-state index in [0.717, 1.165) is 5.56 Å². The highest BCUT2D eigenvalue weighted by Crippen LogP contribution is 2.34. The highest BCUT2D eigenvalue weighted by atomic mass is 32.2. The summed E-state index contributed by atoms with van der Waals surface area (Å²) in [5.74, 6) is 0. The summed E-state index contributed by atoms with van der Waals surface area (Å²) in [4.78, 5) is 0.181. The SMILES string of the molecule is O=S(=O)([N-]c1ccc(S(=O)(=O)N2CCc3ccccc32)cc1)c1ccccc1. The molecule has 0 spiro atoms. The van der Waals surface area contributed by atoms with Crippen molar-refractivity contribution >= 4 is 31.4 Å². The zero-order chi connectivity index (χ0) is 19.8. The van der Waals surface area contributed by atoms with Crippen molar-refractivity contribution in [2.75, 3.05) is 10.8 Å². The predicted molar refractivity (Wildman–Crippen MR) is 108 cm³/mol. The Kier molecular flexibility index (Phi) is 4.60. The maximum absolute atomic E-state index is 13.0. The second-order valence-electron chi connectivity index (χ2n) is 6.33. The Labute approximate surface area is 164 Å². The molecule has 3 aromatic rings. The number of anilines is 1. The van der Waals surface area contributed by atoms with Crippen molar-refractivity contribution in [1.29, 1.82) is 0 Å². The van der Waals surface area contributed by atoms with Gasteiger partial charge in [0.25, 0.3) is 10.0 Å². The molecule has 0 amide bonds. The van der Waals surface area contributed by atoms with Crippen LogP contribution in [0, 0.1) is 0 Å². The topological polar surface area (TPSA) is 85.6 Å². The minimum atomic E-state index is -3.85. The molecule has 0 aromatic heterocycles. The summed E-state index contributed by atoms with van der Waals surface area (Å²) in [6.07, 6.45) is 0.665. The van der Waals surface area contributed by atoms with Gasteiger partial charge in [-0.3, -0.25) is 4.31 Å². The number of hydrogen-bond donors (Lipinski definition) is 0. The predicted octanol–water partition coefficient (Wildman–Crippen LogP) is 3.83. The normalized spacial score (nSPS) is 13.9. The molecule has 1 heterocycles. The summed E-state index contributed by atoms with van der Waals surface area (Å²) in [5, 5.41) is 0. The highest BCUT2D eigenvalue weighted by Gasteiger charge is 2.30. The van der Waals surface area contributed by atoms with Crippen LogP contribution in [0.3, 0.4) is 0 Å². The van der Waals surface area contributed by atoms with E-state index in [1.165, 1.54) is 40.7 Å². The summed E-state index contributed by atoms with van der Waals surface area (Å²) in [5.41, 5.74) is 1.85. The van der Waals surface area contributed by atoms with Crippen LogP contribution in [0.25, 0.3) is 4.72 Å². The van der Waals surface area contributed by atoms with E-state index in [2.05, 4.69) is 4.72 Å². The van der Waals surface area contributed by atoms with E-state index in [1.54, 1.807) is 24.3 Å². The summed E-state index contributed by atoms with van der Waals surface area (Å²) < 4.78 is 55.8. The van der Waals surface area contributed by atoms with Crippen molar-refractivity contribution in [3.8, 4) is 0 Å². The molecular weight excluding hydrogens is 396 g/mol. The van der Waals surface area contributed by atoms with E-state index in [4.69, 9.17) is 0 Å². The fraction of sp³-hybridized carbons (Fsp3) is 0.100. The number of fused-ring (bicyclic) bond motifs is 1. The molecule has 0 fully saturated rings. The van der Waals surface area contributed by atoms with Crippen LogP contribution in [-0.4, -0.2) is 23.4 Å². The number of nitrogens with zero attached hydrogens (tertiary/aromatic N) is 2. The number of benzene rings is 3. The van der Waals surface area contributed by atoms with Crippen molar-refractivity contribution in [3.05, 3.63) is 89.1 Å². The van der Waals surface area contributed by atoms with Crippen LogP contribution < -0.4 is 4.31 Å². The van der Waals surface area contributed by atoms with Crippen molar-refractivity contribution in [1.82, 2.24) is 0 Å². The zero-order valence-corrected chi connectivity index (χ0v) is 16.4. The molecule has 0 aliphatic carbocycles. The van der Waals surface area contributed by atoms with Crippen molar-refractivity contribution < 1.29 is 16.8 Å². The summed E-state index contributed by atoms with van der Waals surface area (Å²) >= 11 is 0. The Balaban J connectivity index is 1.59. The van der Waals surface area contributed by atoms with Crippen molar-refractivity contribution in [2.45, 2.75) is 16.2 Å². The Morgan fingerprint density at radius 1 is 0.714 bits per heavy atom. The average molecular weight is 414 g/mol. The molecule has 0 saturated heterocycles. The minimum Gasteiger partial charge on any atom is -0.573 e. The van der Waals surface area contributed by atoms with Crippen LogP contribution >= 0.6 is 0 Å². The molecule has 0 radical (unpaired) electrons. The molecule has 144 valence electrons. The van der Waals surface area contributed by atoms with Crippen molar-refractivity contribution in [2.24, 2.45) is 0 Å². The Hall–Kier alpha value is -2.84. The second-order valence-corrected chi connectivity index (χ2v) is 9.80. The lowest BCUT2D eigenvalue weighted by molar-refractivity contribution is 0.592. The molecule has 0 atom stereocenters. The van der Waals surface area contributed by atoms with Gasteiger partial charge in [-0.1, -0.05) is 48.5 Å². The van der Waals surface area contributed by atoms with Gasteiger partial charge in [-0.15, -0.1) is 5.69 Å². The lowest BCUT2D eigenvalue weighted by Gasteiger charge is -2.23. The first kappa shape index (κ1) is 18.5. The third-order valence-corrected chi connectivity index (χ3v) is 7.68. The van der Waals surface area contributed by atoms with Gasteiger partial charge in [-0.2, -0.15) is 0 Å². The van der Waals surface area contributed by atoms with Gasteiger partial charge in [0, 0.05) is 6.54 Å². The fourth-order valence-corrected chi connectivity index (χ4v) is 5.66. The first-order chi connectivity index (χ1) is 13.4. The van der Waals surface area contributed by atoms with Crippen LogP contribution in [0.1, 0.15) is 5.56 Å². The first-order valence-electron chi connectivity index (χ1n) is 8.62. The minimum absolute atomic E-state index is 0.0837. The molecule has 28 heavy (non-hydrogen) atoms. The van der Waals surface area contributed by atoms with Gasteiger partial charge in [-0.25, -0.2) is 16.8 Å². The second kappa shape index (κ2) is 6.96. The Morgan fingerprint density at radius 3 is 2.07 bits per heavy atom. The van der Waals surface area contributed by atoms with E-state index in [-0.39, 0.29) is 15.5 Å². The van der Waals surface area contributed by atoms with Gasteiger partial charge in [0.1, 0.15) is 10.0 Å². The van der Waals surface area contributed by atoms with E-state index < -0.39 is 20.0 Å². The van der Waals surface area contributed by atoms with Gasteiger partial charge in [-0.05, 0) is 42.3 Å².